The van der Waals surface area contributed by atoms with E-state index in [-0.39, 0.29) is 22.9 Å². The molecule has 1 aromatic heterocycles. The molecule has 3 rings (SSSR count). The number of carbonyl (C=O) groups excluding carboxylic acids is 1. The van der Waals surface area contributed by atoms with Crippen LogP contribution < -0.4 is 10.3 Å². The summed E-state index contributed by atoms with van der Waals surface area (Å²) < 4.78 is 28.0. The molecule has 0 aliphatic carbocycles. The first-order chi connectivity index (χ1) is 14.3. The molecular weight excluding hydrogens is 421 g/mol. The van der Waals surface area contributed by atoms with E-state index < -0.39 is 39.8 Å². The number of ether oxygens (including phenoxy) is 2. The molecule has 0 saturated heterocycles. The summed E-state index contributed by atoms with van der Waals surface area (Å²) in [4.78, 5) is 35.4. The van der Waals surface area contributed by atoms with Crippen LogP contribution in [0.25, 0.3) is 11.1 Å². The van der Waals surface area contributed by atoms with Gasteiger partial charge in [-0.25, -0.2) is 13.9 Å². The van der Waals surface area contributed by atoms with Gasteiger partial charge in [0.05, 0.1) is 17.1 Å². The lowest BCUT2D eigenvalue weighted by atomic mass is 10.1. The highest BCUT2D eigenvalue weighted by Crippen LogP contribution is 2.37. The minimum atomic E-state index is -1.19. The number of fused-ring (bicyclic) bond motifs is 1. The van der Waals surface area contributed by atoms with Gasteiger partial charge in [0.15, 0.2) is 6.10 Å². The van der Waals surface area contributed by atoms with Crippen molar-refractivity contribution >= 4 is 23.3 Å². The zero-order valence-electron chi connectivity index (χ0n) is 16.5. The van der Waals surface area contributed by atoms with Gasteiger partial charge in [-0.2, -0.15) is 0 Å². The summed E-state index contributed by atoms with van der Waals surface area (Å²) in [6.45, 7) is 3.96. The molecule has 0 N–H and O–H groups in total. The Morgan fingerprint density at radius 3 is 2.60 bits per heavy atom. The Hall–Kier alpha value is -2.88. The predicted octanol–water partition coefficient (Wildman–Crippen LogP) is 3.53. The molecule has 1 aromatic carbocycles. The number of rotatable bonds is 6. The molecule has 9 nitrogen and oxygen atoms in total. The summed E-state index contributed by atoms with van der Waals surface area (Å²) >= 11 is 6.37. The van der Waals surface area contributed by atoms with Crippen molar-refractivity contribution in [3.05, 3.63) is 43.6 Å². The van der Waals surface area contributed by atoms with E-state index in [0.717, 1.165) is 31.4 Å². The van der Waals surface area contributed by atoms with E-state index in [0.29, 0.717) is 13.1 Å². The number of aromatic nitrogens is 2. The number of halogens is 2. The molecule has 1 atom stereocenters. The minimum absolute atomic E-state index is 0.0312. The monoisotopic (exact) mass is 441 g/mol. The van der Waals surface area contributed by atoms with Crippen LogP contribution in [0.5, 0.6) is 5.75 Å². The summed E-state index contributed by atoms with van der Waals surface area (Å²) in [6.07, 6.45) is 1.34. The smallest absolute Gasteiger partial charge is 0.347 e. The quantitative estimate of drug-likeness (QED) is 0.385. The first-order valence-corrected chi connectivity index (χ1v) is 9.94. The van der Waals surface area contributed by atoms with Crippen molar-refractivity contribution in [2.24, 2.45) is 0 Å². The Bertz CT molecular complexity index is 1050. The summed E-state index contributed by atoms with van der Waals surface area (Å²) in [5.41, 5.74) is -1.53. The maximum absolute atomic E-state index is 14.9. The van der Waals surface area contributed by atoms with Crippen LogP contribution in [0.3, 0.4) is 0 Å². The summed E-state index contributed by atoms with van der Waals surface area (Å²) in [7, 11) is 0. The van der Waals surface area contributed by atoms with Gasteiger partial charge in [-0.15, -0.1) is 0 Å². The fourth-order valence-corrected chi connectivity index (χ4v) is 3.76. The second kappa shape index (κ2) is 8.86. The van der Waals surface area contributed by atoms with Gasteiger partial charge in [0.2, 0.25) is 5.75 Å². The average Bonchev–Trinajstić information content (AvgIpc) is 2.85. The van der Waals surface area contributed by atoms with Crippen LogP contribution in [0.2, 0.25) is 5.15 Å². The second-order valence-electron chi connectivity index (χ2n) is 6.85. The lowest BCUT2D eigenvalue weighted by molar-refractivity contribution is -0.386. The van der Waals surface area contributed by atoms with Crippen molar-refractivity contribution in [2.75, 3.05) is 6.61 Å². The molecule has 1 aliphatic rings. The molecule has 30 heavy (non-hydrogen) atoms. The van der Waals surface area contributed by atoms with Crippen LogP contribution in [-0.4, -0.2) is 33.0 Å². The van der Waals surface area contributed by atoms with E-state index in [9.17, 15) is 24.1 Å². The van der Waals surface area contributed by atoms with E-state index in [1.807, 2.05) is 0 Å². The number of nitrogens with zero attached hydrogens (tertiary/aromatic N) is 3. The topological polar surface area (TPSA) is 106 Å². The molecular formula is C19H21ClFN3O6. The Kier molecular flexibility index (Phi) is 6.45. The third kappa shape index (κ3) is 4.04. The van der Waals surface area contributed by atoms with E-state index in [1.165, 1.54) is 11.6 Å². The molecule has 0 fully saturated rings. The van der Waals surface area contributed by atoms with E-state index in [1.54, 1.807) is 11.6 Å². The molecule has 0 spiro atoms. The Balaban J connectivity index is 2.08. The zero-order valence-corrected chi connectivity index (χ0v) is 17.3. The van der Waals surface area contributed by atoms with Crippen LogP contribution in [0.1, 0.15) is 33.1 Å². The maximum Gasteiger partial charge on any atom is 0.347 e. The number of hydrogen-bond donors (Lipinski definition) is 0. The number of nitro groups is 1. The highest BCUT2D eigenvalue weighted by Gasteiger charge is 2.29. The Labute approximate surface area is 176 Å². The van der Waals surface area contributed by atoms with Gasteiger partial charge in [-0.1, -0.05) is 11.6 Å². The van der Waals surface area contributed by atoms with Gasteiger partial charge in [0, 0.05) is 30.8 Å². The maximum atomic E-state index is 14.9. The van der Waals surface area contributed by atoms with Crippen LogP contribution in [-0.2, 0) is 22.6 Å². The third-order valence-electron chi connectivity index (χ3n) is 4.85. The van der Waals surface area contributed by atoms with Gasteiger partial charge in [-0.05, 0) is 33.1 Å². The highest BCUT2D eigenvalue weighted by atomic mass is 35.5. The number of carbonyl (C=O) groups is 1. The summed E-state index contributed by atoms with van der Waals surface area (Å²) in [5, 5.41) is 11.6. The molecule has 162 valence electrons. The second-order valence-corrected chi connectivity index (χ2v) is 7.20. The normalized spacial score (nSPS) is 14.5. The van der Waals surface area contributed by atoms with Crippen LogP contribution >= 0.6 is 11.6 Å². The number of benzene rings is 1. The molecule has 0 bridgehead atoms. The summed E-state index contributed by atoms with van der Waals surface area (Å²) in [5.74, 6) is -2.11. The van der Waals surface area contributed by atoms with Gasteiger partial charge >= 0.3 is 11.7 Å². The van der Waals surface area contributed by atoms with Crippen molar-refractivity contribution < 1.29 is 23.6 Å². The van der Waals surface area contributed by atoms with Gasteiger partial charge in [0.1, 0.15) is 11.0 Å². The predicted molar refractivity (Wildman–Crippen MR) is 106 cm³/mol. The van der Waals surface area contributed by atoms with Crippen LogP contribution in [0.15, 0.2) is 16.9 Å². The van der Waals surface area contributed by atoms with E-state index >= 15 is 0 Å². The average molecular weight is 442 g/mol. The molecule has 11 heteroatoms. The van der Waals surface area contributed by atoms with Crippen LogP contribution in [0, 0.1) is 15.9 Å². The first kappa shape index (κ1) is 21.8. The van der Waals surface area contributed by atoms with E-state index in [2.05, 4.69) is 0 Å². The van der Waals surface area contributed by atoms with Crippen LogP contribution in [0.4, 0.5) is 10.1 Å². The van der Waals surface area contributed by atoms with Crippen molar-refractivity contribution in [1.82, 2.24) is 9.36 Å². The van der Waals surface area contributed by atoms with Crippen molar-refractivity contribution in [3.63, 3.8) is 0 Å². The number of nitro benzene ring substituents is 1. The summed E-state index contributed by atoms with van der Waals surface area (Å²) in [6, 6.07) is 1.69. The molecule has 0 amide bonds. The minimum Gasteiger partial charge on any atom is -0.472 e. The standard InChI is InChI=1S/C19H21ClFN3O6/c1-3-29-19(26)11(2)30-15-10-13(21)12(9-14(15)24(27)28)16-17(20)22-7-5-4-6-8-23(22)18(16)25/h9-11H,3-8H2,1-2H3. The molecule has 1 unspecified atom stereocenters. The Morgan fingerprint density at radius 1 is 1.30 bits per heavy atom. The largest absolute Gasteiger partial charge is 0.472 e. The fourth-order valence-electron chi connectivity index (χ4n) is 3.40. The van der Waals surface area contributed by atoms with E-state index in [4.69, 9.17) is 21.1 Å². The molecule has 2 aromatic rings. The highest BCUT2D eigenvalue weighted by molar-refractivity contribution is 6.32. The SMILES string of the molecule is CCOC(=O)C(C)Oc1cc(F)c(-c2c(Cl)n3n(c2=O)CCCCC3)cc1[N+](=O)[O-]. The lowest BCUT2D eigenvalue weighted by Gasteiger charge is -2.14. The fraction of sp³-hybridized carbons (Fsp3) is 0.474. The Morgan fingerprint density at radius 2 is 1.97 bits per heavy atom. The lowest BCUT2D eigenvalue weighted by Crippen LogP contribution is -2.26. The van der Waals surface area contributed by atoms with Crippen molar-refractivity contribution in [3.8, 4) is 16.9 Å². The number of hydrogen-bond acceptors (Lipinski definition) is 6. The third-order valence-corrected chi connectivity index (χ3v) is 5.23. The molecule has 0 saturated carbocycles. The van der Waals surface area contributed by atoms with Crippen molar-refractivity contribution in [2.45, 2.75) is 52.3 Å². The number of esters is 1. The van der Waals surface area contributed by atoms with Crippen molar-refractivity contribution in [1.29, 1.82) is 0 Å². The molecule has 1 aliphatic heterocycles. The molecule has 0 radical (unpaired) electrons. The molecule has 2 heterocycles. The van der Waals surface area contributed by atoms with Gasteiger partial charge in [0.25, 0.3) is 5.56 Å². The van der Waals surface area contributed by atoms with Gasteiger partial charge in [-0.3, -0.25) is 19.6 Å². The first-order valence-electron chi connectivity index (χ1n) is 9.57. The zero-order chi connectivity index (χ0) is 22.0. The van der Waals surface area contributed by atoms with Gasteiger partial charge < -0.3 is 9.47 Å².